The van der Waals surface area contributed by atoms with Crippen LogP contribution in [0.25, 0.3) is 0 Å². The van der Waals surface area contributed by atoms with E-state index in [-0.39, 0.29) is 22.9 Å². The Morgan fingerprint density at radius 2 is 1.83 bits per heavy atom. The molecule has 124 valence electrons. The highest BCUT2D eigenvalue weighted by atomic mass is 16.3. The molecule has 0 heterocycles. The lowest BCUT2D eigenvalue weighted by Crippen LogP contribution is -2.53. The summed E-state index contributed by atoms with van der Waals surface area (Å²) in [5, 5.41) is 10.2. The van der Waals surface area contributed by atoms with Gasteiger partial charge in [0.25, 0.3) is 0 Å². The van der Waals surface area contributed by atoms with Gasteiger partial charge in [-0.1, -0.05) is 32.9 Å². The molecular formula is C20H26O3. The standard InChI is InChI=1S/C20H26O3/c1-18(2)16-11-15(21)13-10-12(19(3,4)23)6-7-14(13)20(16,5)9-8-17(18)22/h6-7,10,16,23H,8-9,11H2,1-5H3. The van der Waals surface area contributed by atoms with Crippen LogP contribution in [0.5, 0.6) is 0 Å². The number of Topliss-reactive ketones (excluding diaryl/α,β-unsaturated/α-hetero) is 2. The van der Waals surface area contributed by atoms with Crippen molar-refractivity contribution in [3.8, 4) is 0 Å². The molecule has 1 saturated carbocycles. The molecule has 1 aromatic carbocycles. The van der Waals surface area contributed by atoms with Gasteiger partial charge in [0.2, 0.25) is 0 Å². The topological polar surface area (TPSA) is 54.4 Å². The molecule has 0 aromatic heterocycles. The van der Waals surface area contributed by atoms with E-state index >= 15 is 0 Å². The highest BCUT2D eigenvalue weighted by Gasteiger charge is 2.55. The van der Waals surface area contributed by atoms with Crippen molar-refractivity contribution < 1.29 is 14.7 Å². The lowest BCUT2D eigenvalue weighted by atomic mass is 9.49. The molecule has 2 aliphatic carbocycles. The second-order valence-electron chi connectivity index (χ2n) is 8.56. The Hall–Kier alpha value is -1.48. The number of fused-ring (bicyclic) bond motifs is 3. The van der Waals surface area contributed by atoms with E-state index in [1.54, 1.807) is 13.8 Å². The third kappa shape index (κ3) is 2.28. The summed E-state index contributed by atoms with van der Waals surface area (Å²) >= 11 is 0. The molecule has 0 aliphatic heterocycles. The van der Waals surface area contributed by atoms with Crippen molar-refractivity contribution in [3.63, 3.8) is 0 Å². The molecular weight excluding hydrogens is 288 g/mol. The third-order valence-electron chi connectivity index (χ3n) is 6.26. The molecule has 0 amide bonds. The van der Waals surface area contributed by atoms with Gasteiger partial charge in [-0.25, -0.2) is 0 Å². The van der Waals surface area contributed by atoms with Gasteiger partial charge in [0.1, 0.15) is 5.78 Å². The zero-order valence-electron chi connectivity index (χ0n) is 14.7. The van der Waals surface area contributed by atoms with Crippen LogP contribution in [0.2, 0.25) is 0 Å². The van der Waals surface area contributed by atoms with Gasteiger partial charge in [-0.2, -0.15) is 0 Å². The molecule has 1 aromatic rings. The molecule has 2 atom stereocenters. The van der Waals surface area contributed by atoms with E-state index in [9.17, 15) is 14.7 Å². The quantitative estimate of drug-likeness (QED) is 0.858. The smallest absolute Gasteiger partial charge is 0.163 e. The van der Waals surface area contributed by atoms with Crippen molar-refractivity contribution in [1.29, 1.82) is 0 Å². The van der Waals surface area contributed by atoms with Crippen molar-refractivity contribution >= 4 is 11.6 Å². The molecule has 23 heavy (non-hydrogen) atoms. The second-order valence-corrected chi connectivity index (χ2v) is 8.56. The first kappa shape index (κ1) is 16.4. The minimum atomic E-state index is -0.963. The van der Waals surface area contributed by atoms with E-state index in [4.69, 9.17) is 0 Å². The predicted octanol–water partition coefficient (Wildman–Crippen LogP) is 3.76. The Kier molecular flexibility index (Phi) is 3.39. The summed E-state index contributed by atoms with van der Waals surface area (Å²) in [5.41, 5.74) is 0.960. The van der Waals surface area contributed by atoms with Gasteiger partial charge in [-0.3, -0.25) is 9.59 Å². The van der Waals surface area contributed by atoms with E-state index in [0.717, 1.165) is 23.1 Å². The van der Waals surface area contributed by atoms with Crippen LogP contribution >= 0.6 is 0 Å². The maximum atomic E-state index is 12.8. The number of benzene rings is 1. The monoisotopic (exact) mass is 314 g/mol. The first-order valence-electron chi connectivity index (χ1n) is 8.42. The Balaban J connectivity index is 2.17. The van der Waals surface area contributed by atoms with Gasteiger partial charge in [-0.15, -0.1) is 0 Å². The van der Waals surface area contributed by atoms with Crippen molar-refractivity contribution in [1.82, 2.24) is 0 Å². The SMILES string of the molecule is CC(C)(O)c1ccc2c(c1)C(=O)CC1C(C)(C)C(=O)CCC21C. The Bertz CT molecular complexity index is 693. The number of ketones is 2. The highest BCUT2D eigenvalue weighted by Crippen LogP contribution is 2.55. The van der Waals surface area contributed by atoms with Crippen LogP contribution in [0.4, 0.5) is 0 Å². The fourth-order valence-corrected chi connectivity index (χ4v) is 4.61. The van der Waals surface area contributed by atoms with Crippen LogP contribution in [0, 0.1) is 11.3 Å². The minimum Gasteiger partial charge on any atom is -0.386 e. The summed E-state index contributed by atoms with van der Waals surface area (Å²) in [6, 6.07) is 5.77. The average Bonchev–Trinajstić information content (AvgIpc) is 2.46. The summed E-state index contributed by atoms with van der Waals surface area (Å²) in [6.45, 7) is 9.63. The molecule has 3 heteroatoms. The molecule has 0 spiro atoms. The van der Waals surface area contributed by atoms with E-state index in [1.807, 2.05) is 32.0 Å². The maximum absolute atomic E-state index is 12.8. The van der Waals surface area contributed by atoms with Gasteiger partial charge >= 0.3 is 0 Å². The first-order chi connectivity index (χ1) is 10.5. The van der Waals surface area contributed by atoms with Crippen LogP contribution in [0.1, 0.15) is 75.4 Å². The molecule has 0 saturated heterocycles. The fraction of sp³-hybridized carbons (Fsp3) is 0.600. The number of hydrogen-bond acceptors (Lipinski definition) is 3. The summed E-state index contributed by atoms with van der Waals surface area (Å²) in [5.74, 6) is 0.407. The molecule has 2 unspecified atom stereocenters. The number of aliphatic hydroxyl groups is 1. The van der Waals surface area contributed by atoms with Gasteiger partial charge in [0.15, 0.2) is 5.78 Å². The first-order valence-corrected chi connectivity index (χ1v) is 8.42. The zero-order chi connectivity index (χ0) is 17.2. The Morgan fingerprint density at radius 3 is 2.43 bits per heavy atom. The van der Waals surface area contributed by atoms with E-state index in [1.165, 1.54) is 0 Å². The summed E-state index contributed by atoms with van der Waals surface area (Å²) in [7, 11) is 0. The van der Waals surface area contributed by atoms with Crippen LogP contribution in [0.15, 0.2) is 18.2 Å². The van der Waals surface area contributed by atoms with Crippen LogP contribution in [-0.2, 0) is 15.8 Å². The molecule has 0 radical (unpaired) electrons. The van der Waals surface area contributed by atoms with Gasteiger partial charge in [0.05, 0.1) is 5.60 Å². The third-order valence-corrected chi connectivity index (χ3v) is 6.26. The van der Waals surface area contributed by atoms with Crippen molar-refractivity contribution in [3.05, 3.63) is 34.9 Å². The minimum absolute atomic E-state index is 0.0456. The van der Waals surface area contributed by atoms with Crippen LogP contribution in [-0.4, -0.2) is 16.7 Å². The molecule has 3 nitrogen and oxygen atoms in total. The number of carbonyl (C=O) groups excluding carboxylic acids is 2. The lowest BCUT2D eigenvalue weighted by molar-refractivity contribution is -0.136. The fourth-order valence-electron chi connectivity index (χ4n) is 4.61. The van der Waals surface area contributed by atoms with Crippen LogP contribution in [0.3, 0.4) is 0 Å². The van der Waals surface area contributed by atoms with E-state index < -0.39 is 11.0 Å². The van der Waals surface area contributed by atoms with Crippen molar-refractivity contribution in [2.24, 2.45) is 11.3 Å². The average molecular weight is 314 g/mol. The zero-order valence-corrected chi connectivity index (χ0v) is 14.7. The summed E-state index contributed by atoms with van der Waals surface area (Å²) in [4.78, 5) is 25.1. The van der Waals surface area contributed by atoms with Crippen molar-refractivity contribution in [2.75, 3.05) is 0 Å². The Labute approximate surface area is 138 Å². The van der Waals surface area contributed by atoms with Crippen LogP contribution < -0.4 is 0 Å². The molecule has 1 N–H and O–H groups in total. The maximum Gasteiger partial charge on any atom is 0.163 e. The van der Waals surface area contributed by atoms with E-state index in [2.05, 4.69) is 6.92 Å². The largest absolute Gasteiger partial charge is 0.386 e. The number of hydrogen-bond donors (Lipinski definition) is 1. The van der Waals surface area contributed by atoms with Gasteiger partial charge in [0, 0.05) is 23.8 Å². The van der Waals surface area contributed by atoms with E-state index in [0.29, 0.717) is 12.8 Å². The molecule has 2 aliphatic rings. The van der Waals surface area contributed by atoms with Crippen molar-refractivity contribution in [2.45, 2.75) is 64.9 Å². The Morgan fingerprint density at radius 1 is 1.17 bits per heavy atom. The second kappa shape index (κ2) is 4.76. The molecule has 3 rings (SSSR count). The summed E-state index contributed by atoms with van der Waals surface area (Å²) < 4.78 is 0. The van der Waals surface area contributed by atoms with Gasteiger partial charge < -0.3 is 5.11 Å². The highest BCUT2D eigenvalue weighted by molar-refractivity contribution is 6.01. The molecule has 0 bridgehead atoms. The normalized spacial score (nSPS) is 29.9. The lowest BCUT2D eigenvalue weighted by Gasteiger charge is -2.52. The number of carbonyl (C=O) groups is 2. The summed E-state index contributed by atoms with van der Waals surface area (Å²) in [6.07, 6.45) is 1.78. The number of rotatable bonds is 1. The molecule has 1 fully saturated rings. The predicted molar refractivity (Wildman–Crippen MR) is 89.5 cm³/mol. The van der Waals surface area contributed by atoms with Gasteiger partial charge in [-0.05, 0) is 48.8 Å².